The lowest BCUT2D eigenvalue weighted by atomic mass is 10.0. The lowest BCUT2D eigenvalue weighted by molar-refractivity contribution is -0.0520. The summed E-state index contributed by atoms with van der Waals surface area (Å²) in [7, 11) is 1.52. The molecule has 0 aromatic carbocycles. The van der Waals surface area contributed by atoms with Gasteiger partial charge in [0, 0.05) is 13.0 Å². The van der Waals surface area contributed by atoms with Crippen molar-refractivity contribution in [1.29, 1.82) is 0 Å². The molecule has 0 aliphatic carbocycles. The van der Waals surface area contributed by atoms with Crippen molar-refractivity contribution in [3.63, 3.8) is 0 Å². The van der Waals surface area contributed by atoms with E-state index in [1.807, 2.05) is 6.92 Å². The van der Waals surface area contributed by atoms with Crippen LogP contribution in [0.5, 0.6) is 0 Å². The van der Waals surface area contributed by atoms with Crippen LogP contribution in [0.25, 0.3) is 10.3 Å². The van der Waals surface area contributed by atoms with Gasteiger partial charge in [-0.25, -0.2) is 0 Å². The molecule has 1 aliphatic rings. The maximum Gasteiger partial charge on any atom is 0.311 e. The number of H-pyrrole nitrogens is 1. The van der Waals surface area contributed by atoms with E-state index in [9.17, 15) is 14.7 Å². The van der Waals surface area contributed by atoms with Gasteiger partial charge in [-0.3, -0.25) is 19.1 Å². The van der Waals surface area contributed by atoms with Crippen molar-refractivity contribution in [2.24, 2.45) is 5.92 Å². The fourth-order valence-corrected chi connectivity index (χ4v) is 3.70. The summed E-state index contributed by atoms with van der Waals surface area (Å²) < 4.78 is 12.6. The number of aliphatic hydroxyl groups excluding tert-OH is 1. The zero-order valence-corrected chi connectivity index (χ0v) is 12.8. The van der Waals surface area contributed by atoms with E-state index >= 15 is 0 Å². The second-order valence-electron chi connectivity index (χ2n) is 5.15. The van der Waals surface area contributed by atoms with Gasteiger partial charge in [-0.2, -0.15) is 4.98 Å². The van der Waals surface area contributed by atoms with Gasteiger partial charge in [0.25, 0.3) is 5.56 Å². The van der Waals surface area contributed by atoms with Gasteiger partial charge in [0.2, 0.25) is 5.95 Å². The number of thiazole rings is 1. The minimum absolute atomic E-state index is 0.0725. The van der Waals surface area contributed by atoms with Gasteiger partial charge in [-0.15, -0.1) is 0 Å². The molecule has 3 rings (SSSR count). The van der Waals surface area contributed by atoms with E-state index in [1.54, 1.807) is 0 Å². The molecule has 0 saturated carbocycles. The number of methoxy groups -OCH3 is 1. The Labute approximate surface area is 128 Å². The van der Waals surface area contributed by atoms with Crippen LogP contribution >= 0.6 is 11.3 Å². The number of nitrogens with one attached hydrogen (secondary N) is 1. The van der Waals surface area contributed by atoms with Crippen molar-refractivity contribution >= 4 is 27.6 Å². The Kier molecular flexibility index (Phi) is 3.77. The van der Waals surface area contributed by atoms with Crippen molar-refractivity contribution < 1.29 is 14.6 Å². The third kappa shape index (κ3) is 2.15. The Hall–Kier alpha value is -1.75. The molecule has 9 nitrogen and oxygen atoms in total. The van der Waals surface area contributed by atoms with Crippen molar-refractivity contribution in [2.75, 3.05) is 19.5 Å². The summed E-state index contributed by atoms with van der Waals surface area (Å²) in [6.45, 7) is 1.62. The highest BCUT2D eigenvalue weighted by molar-refractivity contribution is 7.16. The number of ether oxygens (including phenoxy) is 2. The van der Waals surface area contributed by atoms with Crippen LogP contribution in [0, 0.1) is 5.92 Å². The Morgan fingerprint density at radius 3 is 2.86 bits per heavy atom. The van der Waals surface area contributed by atoms with Gasteiger partial charge in [-0.1, -0.05) is 18.3 Å². The third-order valence-corrected chi connectivity index (χ3v) is 4.79. The number of aromatic nitrogens is 3. The summed E-state index contributed by atoms with van der Waals surface area (Å²) in [4.78, 5) is 30.2. The minimum atomic E-state index is -0.683. The standard InChI is InChI=1S/C12H16N4O5S/c1-4-6(20-2)5(3-17)21-10(4)16-8-7(22-12(16)19)9(18)15-11(13)14-8/h4-6,10,17H,3H2,1-2H3,(H3,13,14,15,18)/t4-,5-,6-,10-/m1/s1. The molecule has 0 radical (unpaired) electrons. The molecule has 0 unspecified atom stereocenters. The summed E-state index contributed by atoms with van der Waals surface area (Å²) in [6, 6.07) is 0. The molecule has 22 heavy (non-hydrogen) atoms. The second-order valence-corrected chi connectivity index (χ2v) is 6.11. The van der Waals surface area contributed by atoms with Gasteiger partial charge >= 0.3 is 4.87 Å². The molecule has 2 aromatic rings. The van der Waals surface area contributed by atoms with Crippen molar-refractivity contribution in [1.82, 2.24) is 14.5 Å². The van der Waals surface area contributed by atoms with E-state index < -0.39 is 17.9 Å². The second kappa shape index (κ2) is 5.47. The summed E-state index contributed by atoms with van der Waals surface area (Å²) >= 11 is 0.783. The van der Waals surface area contributed by atoms with Crippen molar-refractivity contribution in [3.8, 4) is 0 Å². The Bertz CT molecular complexity index is 812. The van der Waals surface area contributed by atoms with Crippen LogP contribution in [0.15, 0.2) is 9.59 Å². The number of fused-ring (bicyclic) bond motifs is 1. The normalized spacial score (nSPS) is 28.5. The number of rotatable bonds is 3. The molecule has 3 heterocycles. The minimum Gasteiger partial charge on any atom is -0.394 e. The van der Waals surface area contributed by atoms with Crippen molar-refractivity contribution in [3.05, 3.63) is 20.0 Å². The lowest BCUT2D eigenvalue weighted by Crippen LogP contribution is -2.30. The fourth-order valence-electron chi connectivity index (χ4n) is 2.86. The Morgan fingerprint density at radius 2 is 2.27 bits per heavy atom. The van der Waals surface area contributed by atoms with Gasteiger partial charge < -0.3 is 20.3 Å². The molecule has 1 aliphatic heterocycles. The fraction of sp³-hybridized carbons (Fsp3) is 0.583. The molecule has 120 valence electrons. The SMILES string of the molecule is CO[C@@H]1[C@@H](C)[C@H](n2c(=O)sc3c(=O)[nH]c(N)nc32)O[C@@H]1CO. The molecule has 0 spiro atoms. The largest absolute Gasteiger partial charge is 0.394 e. The number of nitrogens with zero attached hydrogens (tertiary/aromatic N) is 2. The van der Waals surface area contributed by atoms with Crippen molar-refractivity contribution in [2.45, 2.75) is 25.4 Å². The molecule has 4 atom stereocenters. The molecule has 2 aromatic heterocycles. The number of anilines is 1. The molecule has 10 heteroatoms. The zero-order valence-electron chi connectivity index (χ0n) is 12.0. The first-order valence-electron chi connectivity index (χ1n) is 6.67. The summed E-state index contributed by atoms with van der Waals surface area (Å²) in [6.07, 6.45) is -1.60. The highest BCUT2D eigenvalue weighted by Gasteiger charge is 2.44. The molecule has 1 fully saturated rings. The van der Waals surface area contributed by atoms with Gasteiger partial charge in [-0.05, 0) is 0 Å². The topological polar surface area (TPSA) is 132 Å². The van der Waals surface area contributed by atoms with E-state index in [2.05, 4.69) is 9.97 Å². The molecule has 0 amide bonds. The first-order chi connectivity index (χ1) is 10.5. The van der Waals surface area contributed by atoms with E-state index in [0.29, 0.717) is 0 Å². The number of aromatic amines is 1. The lowest BCUT2D eigenvalue weighted by Gasteiger charge is -2.18. The van der Waals surface area contributed by atoms with E-state index in [4.69, 9.17) is 15.2 Å². The number of nitrogens with two attached hydrogens (primary N) is 1. The maximum absolute atomic E-state index is 12.3. The Balaban J connectivity index is 2.17. The van der Waals surface area contributed by atoms with Gasteiger partial charge in [0.05, 0.1) is 12.7 Å². The zero-order chi connectivity index (χ0) is 16.0. The average Bonchev–Trinajstić information content (AvgIpc) is 2.95. The van der Waals surface area contributed by atoms with Crippen LogP contribution < -0.4 is 16.2 Å². The third-order valence-electron chi connectivity index (χ3n) is 3.85. The summed E-state index contributed by atoms with van der Waals surface area (Å²) in [5.41, 5.74) is 5.28. The predicted molar refractivity (Wildman–Crippen MR) is 79.9 cm³/mol. The van der Waals surface area contributed by atoms with Crippen LogP contribution in [0.2, 0.25) is 0 Å². The van der Waals surface area contributed by atoms with Crippen LogP contribution in [0.4, 0.5) is 5.95 Å². The number of nitrogen functional groups attached to an aromatic ring is 1. The highest BCUT2D eigenvalue weighted by atomic mass is 32.1. The Morgan fingerprint density at radius 1 is 1.55 bits per heavy atom. The number of aliphatic hydroxyl groups is 1. The average molecular weight is 328 g/mol. The molecule has 0 bridgehead atoms. The van der Waals surface area contributed by atoms with E-state index in [0.717, 1.165) is 11.3 Å². The predicted octanol–water partition coefficient (Wildman–Crippen LogP) is -0.731. The van der Waals surface area contributed by atoms with E-state index in [-0.39, 0.29) is 39.8 Å². The molecule has 4 N–H and O–H groups in total. The first kappa shape index (κ1) is 15.2. The maximum atomic E-state index is 12.3. The summed E-state index contributed by atoms with van der Waals surface area (Å²) in [5, 5.41) is 9.39. The van der Waals surface area contributed by atoms with Crippen LogP contribution in [-0.4, -0.2) is 45.6 Å². The summed E-state index contributed by atoms with van der Waals surface area (Å²) in [5.74, 6) is -0.281. The van der Waals surface area contributed by atoms with Gasteiger partial charge in [0.1, 0.15) is 17.0 Å². The highest BCUT2D eigenvalue weighted by Crippen LogP contribution is 2.36. The first-order valence-corrected chi connectivity index (χ1v) is 7.49. The van der Waals surface area contributed by atoms with Crippen LogP contribution in [0.3, 0.4) is 0 Å². The quantitative estimate of drug-likeness (QED) is 0.676. The molecule has 1 saturated heterocycles. The smallest absolute Gasteiger partial charge is 0.311 e. The van der Waals surface area contributed by atoms with E-state index in [1.165, 1.54) is 11.7 Å². The monoisotopic (exact) mass is 328 g/mol. The van der Waals surface area contributed by atoms with Gasteiger partial charge in [0.15, 0.2) is 5.65 Å². The molecular weight excluding hydrogens is 312 g/mol. The van der Waals surface area contributed by atoms with Crippen LogP contribution in [0.1, 0.15) is 13.2 Å². The number of hydrogen-bond donors (Lipinski definition) is 3. The number of hydrogen-bond acceptors (Lipinski definition) is 8. The van der Waals surface area contributed by atoms with Crippen LogP contribution in [-0.2, 0) is 9.47 Å². The molecular formula is C12H16N4O5S.